The Morgan fingerprint density at radius 3 is 2.76 bits per heavy atom. The van der Waals surface area contributed by atoms with Crippen LogP contribution in [0.25, 0.3) is 0 Å². The van der Waals surface area contributed by atoms with Gasteiger partial charge in [-0.15, -0.1) is 0 Å². The van der Waals surface area contributed by atoms with Crippen LogP contribution in [0.3, 0.4) is 0 Å². The van der Waals surface area contributed by atoms with Gasteiger partial charge < -0.3 is 10.1 Å². The van der Waals surface area contributed by atoms with Gasteiger partial charge in [0.2, 0.25) is 0 Å². The van der Waals surface area contributed by atoms with Crippen LogP contribution in [0, 0.1) is 17.1 Å². The number of rotatable bonds is 5. The van der Waals surface area contributed by atoms with Crippen LogP contribution in [0.15, 0.2) is 40.9 Å². The van der Waals surface area contributed by atoms with Crippen LogP contribution >= 0.6 is 15.9 Å². The first-order chi connectivity index (χ1) is 10.2. The Labute approximate surface area is 131 Å². The fourth-order valence-corrected chi connectivity index (χ4v) is 2.49. The van der Waals surface area contributed by atoms with Gasteiger partial charge in [-0.05, 0) is 18.2 Å². The van der Waals surface area contributed by atoms with Crippen LogP contribution in [-0.4, -0.2) is 7.11 Å². The molecule has 0 bridgehead atoms. The van der Waals surface area contributed by atoms with E-state index in [4.69, 9.17) is 10.00 Å². The van der Waals surface area contributed by atoms with Crippen LogP contribution in [0.1, 0.15) is 16.7 Å². The number of halogens is 2. The minimum absolute atomic E-state index is 0.0562. The SMILES string of the molecule is COCc1c(Br)cccc1NCc1cccc(C#N)c1F. The predicted molar refractivity (Wildman–Crippen MR) is 83.3 cm³/mol. The highest BCUT2D eigenvalue weighted by molar-refractivity contribution is 9.10. The lowest BCUT2D eigenvalue weighted by Gasteiger charge is -2.14. The van der Waals surface area contributed by atoms with Gasteiger partial charge in [0.05, 0.1) is 12.2 Å². The molecule has 5 heteroatoms. The highest BCUT2D eigenvalue weighted by Crippen LogP contribution is 2.26. The van der Waals surface area contributed by atoms with Gasteiger partial charge in [0, 0.05) is 34.9 Å². The van der Waals surface area contributed by atoms with Gasteiger partial charge in [0.15, 0.2) is 0 Å². The molecule has 2 aromatic carbocycles. The van der Waals surface area contributed by atoms with Crippen molar-refractivity contribution >= 4 is 21.6 Å². The standard InChI is InChI=1S/C16H14BrFN2O/c1-21-10-13-14(17)6-3-7-15(13)20-9-12-5-2-4-11(8-19)16(12)18/h2-7,20H,9-10H2,1H3. The van der Waals surface area contributed by atoms with Crippen molar-refractivity contribution in [2.45, 2.75) is 13.2 Å². The molecule has 0 aliphatic rings. The van der Waals surface area contributed by atoms with Crippen molar-refractivity contribution in [3.8, 4) is 6.07 Å². The second-order valence-electron chi connectivity index (χ2n) is 4.44. The molecule has 21 heavy (non-hydrogen) atoms. The molecule has 3 nitrogen and oxygen atoms in total. The molecule has 0 spiro atoms. The fourth-order valence-electron chi connectivity index (χ4n) is 2.01. The monoisotopic (exact) mass is 348 g/mol. The summed E-state index contributed by atoms with van der Waals surface area (Å²) in [5, 5.41) is 12.0. The maximum atomic E-state index is 14.0. The van der Waals surface area contributed by atoms with Gasteiger partial charge in [-0.2, -0.15) is 5.26 Å². The molecule has 0 saturated carbocycles. The molecule has 0 fully saturated rings. The molecular weight excluding hydrogens is 335 g/mol. The molecule has 1 N–H and O–H groups in total. The predicted octanol–water partition coefficient (Wildman–Crippen LogP) is 4.22. The number of nitrogens with one attached hydrogen (secondary N) is 1. The van der Waals surface area contributed by atoms with Crippen molar-refractivity contribution in [3.05, 3.63) is 63.4 Å². The Hall–Kier alpha value is -1.90. The average Bonchev–Trinajstić information content (AvgIpc) is 2.49. The van der Waals surface area contributed by atoms with Crippen LogP contribution in [0.4, 0.5) is 10.1 Å². The van der Waals surface area contributed by atoms with E-state index in [9.17, 15) is 4.39 Å². The van der Waals surface area contributed by atoms with E-state index in [1.807, 2.05) is 24.3 Å². The molecule has 0 heterocycles. The van der Waals surface area contributed by atoms with E-state index < -0.39 is 5.82 Å². The lowest BCUT2D eigenvalue weighted by atomic mass is 10.1. The number of ether oxygens (including phenoxy) is 1. The number of nitriles is 1. The van der Waals surface area contributed by atoms with Crippen molar-refractivity contribution in [2.24, 2.45) is 0 Å². The first-order valence-corrected chi connectivity index (χ1v) is 7.14. The second-order valence-corrected chi connectivity index (χ2v) is 5.30. The van der Waals surface area contributed by atoms with E-state index in [0.29, 0.717) is 18.7 Å². The first-order valence-electron chi connectivity index (χ1n) is 6.35. The smallest absolute Gasteiger partial charge is 0.145 e. The van der Waals surface area contributed by atoms with Gasteiger partial charge >= 0.3 is 0 Å². The number of benzene rings is 2. The normalized spacial score (nSPS) is 10.2. The van der Waals surface area contributed by atoms with E-state index in [0.717, 1.165) is 15.7 Å². The van der Waals surface area contributed by atoms with Gasteiger partial charge in [-0.25, -0.2) is 4.39 Å². The quantitative estimate of drug-likeness (QED) is 0.879. The van der Waals surface area contributed by atoms with Gasteiger partial charge in [0.25, 0.3) is 0 Å². The summed E-state index contributed by atoms with van der Waals surface area (Å²) in [4.78, 5) is 0. The van der Waals surface area contributed by atoms with Crippen LogP contribution in [0.2, 0.25) is 0 Å². The molecule has 0 aliphatic heterocycles. The molecule has 0 aromatic heterocycles. The van der Waals surface area contributed by atoms with Crippen molar-refractivity contribution in [1.29, 1.82) is 5.26 Å². The number of nitrogens with zero attached hydrogens (tertiary/aromatic N) is 1. The molecule has 2 rings (SSSR count). The molecule has 0 amide bonds. The zero-order valence-electron chi connectivity index (χ0n) is 11.5. The molecule has 2 aromatic rings. The summed E-state index contributed by atoms with van der Waals surface area (Å²) in [7, 11) is 1.62. The first kappa shape index (κ1) is 15.5. The Bertz CT molecular complexity index is 682. The Kier molecular flexibility index (Phi) is 5.32. The van der Waals surface area contributed by atoms with Crippen LogP contribution < -0.4 is 5.32 Å². The summed E-state index contributed by atoms with van der Waals surface area (Å²) in [6.45, 7) is 0.749. The second kappa shape index (κ2) is 7.21. The molecule has 0 atom stereocenters. The molecule has 0 aliphatic carbocycles. The van der Waals surface area contributed by atoms with Crippen LogP contribution in [-0.2, 0) is 17.9 Å². The summed E-state index contributed by atoms with van der Waals surface area (Å²) >= 11 is 3.47. The summed E-state index contributed by atoms with van der Waals surface area (Å²) in [6.07, 6.45) is 0. The Morgan fingerprint density at radius 2 is 2.05 bits per heavy atom. The van der Waals surface area contributed by atoms with Crippen molar-refractivity contribution in [2.75, 3.05) is 12.4 Å². The van der Waals surface area contributed by atoms with Gasteiger partial charge in [0.1, 0.15) is 11.9 Å². The van der Waals surface area contributed by atoms with E-state index in [1.54, 1.807) is 19.2 Å². The van der Waals surface area contributed by atoms with Crippen LogP contribution in [0.5, 0.6) is 0 Å². The minimum Gasteiger partial charge on any atom is -0.381 e. The summed E-state index contributed by atoms with van der Waals surface area (Å²) < 4.78 is 20.1. The number of hydrogen-bond donors (Lipinski definition) is 1. The maximum absolute atomic E-state index is 14.0. The zero-order chi connectivity index (χ0) is 15.2. The summed E-state index contributed by atoms with van der Waals surface area (Å²) in [5.41, 5.74) is 2.35. The molecule has 108 valence electrons. The lowest BCUT2D eigenvalue weighted by Crippen LogP contribution is -2.06. The van der Waals surface area contributed by atoms with Gasteiger partial charge in [-0.3, -0.25) is 0 Å². The molecule has 0 saturated heterocycles. The fraction of sp³-hybridized carbons (Fsp3) is 0.188. The van der Waals surface area contributed by atoms with E-state index in [2.05, 4.69) is 21.2 Å². The molecule has 0 radical (unpaired) electrons. The number of methoxy groups -OCH3 is 1. The van der Waals surface area contributed by atoms with Gasteiger partial charge in [-0.1, -0.05) is 34.1 Å². The van der Waals surface area contributed by atoms with E-state index in [-0.39, 0.29) is 5.56 Å². The lowest BCUT2D eigenvalue weighted by molar-refractivity contribution is 0.185. The minimum atomic E-state index is -0.476. The highest BCUT2D eigenvalue weighted by Gasteiger charge is 2.10. The highest BCUT2D eigenvalue weighted by atomic mass is 79.9. The third-order valence-corrected chi connectivity index (χ3v) is 3.82. The van der Waals surface area contributed by atoms with E-state index in [1.165, 1.54) is 6.07 Å². The van der Waals surface area contributed by atoms with E-state index >= 15 is 0 Å². The molecule has 0 unspecified atom stereocenters. The summed E-state index contributed by atoms with van der Waals surface area (Å²) in [6, 6.07) is 12.4. The number of anilines is 1. The molecular formula is C16H14BrFN2O. The Morgan fingerprint density at radius 1 is 1.29 bits per heavy atom. The summed E-state index contributed by atoms with van der Waals surface area (Å²) in [5.74, 6) is -0.476. The van der Waals surface area contributed by atoms with Crippen molar-refractivity contribution < 1.29 is 9.13 Å². The van der Waals surface area contributed by atoms with Crippen molar-refractivity contribution in [3.63, 3.8) is 0 Å². The largest absolute Gasteiger partial charge is 0.381 e. The Balaban J connectivity index is 2.21. The maximum Gasteiger partial charge on any atom is 0.145 e. The third kappa shape index (κ3) is 3.60. The number of hydrogen-bond acceptors (Lipinski definition) is 3. The average molecular weight is 349 g/mol. The van der Waals surface area contributed by atoms with Crippen molar-refractivity contribution in [1.82, 2.24) is 0 Å². The third-order valence-electron chi connectivity index (χ3n) is 3.08. The zero-order valence-corrected chi connectivity index (χ0v) is 13.1. The topological polar surface area (TPSA) is 45.0 Å².